The number of ketones is 2. The third kappa shape index (κ3) is 1.70. The fourth-order valence-corrected chi connectivity index (χ4v) is 7.11. The third-order valence-electron chi connectivity index (χ3n) is 8.40. The molecule has 5 heteroatoms. The maximum absolute atomic E-state index is 13.1. The summed E-state index contributed by atoms with van der Waals surface area (Å²) in [4.78, 5) is 26.3. The third-order valence-corrected chi connectivity index (χ3v) is 8.40. The first kappa shape index (κ1) is 17.4. The van der Waals surface area contributed by atoms with E-state index in [4.69, 9.17) is 0 Å². The molecule has 138 valence electrons. The average molecular weight is 348 g/mol. The van der Waals surface area contributed by atoms with Gasteiger partial charge in [0.1, 0.15) is 5.78 Å². The van der Waals surface area contributed by atoms with Gasteiger partial charge >= 0.3 is 0 Å². The molecule has 0 aliphatic heterocycles. The van der Waals surface area contributed by atoms with Gasteiger partial charge in [-0.3, -0.25) is 9.59 Å². The average Bonchev–Trinajstić information content (AvgIpc) is 2.65. The SMILES string of the molecule is C=C1C(=O)C23C(O)CC4C(C)(C)C(O)CCC4(C)C2C(=O)CC1C3O. The van der Waals surface area contributed by atoms with E-state index in [9.17, 15) is 24.9 Å². The number of aliphatic hydroxyl groups excluding tert-OH is 3. The quantitative estimate of drug-likeness (QED) is 0.573. The van der Waals surface area contributed by atoms with E-state index in [-0.39, 0.29) is 23.9 Å². The van der Waals surface area contributed by atoms with Gasteiger partial charge in [0, 0.05) is 18.3 Å². The lowest BCUT2D eigenvalue weighted by molar-refractivity contribution is -0.233. The van der Waals surface area contributed by atoms with Crippen molar-refractivity contribution in [1.29, 1.82) is 0 Å². The standard InChI is InChI=1S/C20H28O5/c1-9-10-7-11(21)15-19(4)6-5-13(22)18(2,3)12(19)8-14(23)20(15,16(9)24)17(10)25/h10,12-15,17,22-23,25H,1,5-8H2,2-4H3. The van der Waals surface area contributed by atoms with Crippen LogP contribution in [-0.4, -0.2) is 45.2 Å². The lowest BCUT2D eigenvalue weighted by Crippen LogP contribution is -2.70. The van der Waals surface area contributed by atoms with E-state index in [1.165, 1.54) is 0 Å². The van der Waals surface area contributed by atoms with Crippen molar-refractivity contribution >= 4 is 11.6 Å². The van der Waals surface area contributed by atoms with Crippen molar-refractivity contribution in [1.82, 2.24) is 0 Å². The Hall–Kier alpha value is -1.04. The summed E-state index contributed by atoms with van der Waals surface area (Å²) in [5.74, 6) is -1.73. The predicted octanol–water partition coefficient (Wildman–Crippen LogP) is 1.25. The van der Waals surface area contributed by atoms with Crippen LogP contribution >= 0.6 is 0 Å². The predicted molar refractivity (Wildman–Crippen MR) is 90.4 cm³/mol. The molecule has 4 aliphatic rings. The zero-order valence-corrected chi connectivity index (χ0v) is 15.2. The number of fused-ring (bicyclic) bond motifs is 3. The summed E-state index contributed by atoms with van der Waals surface area (Å²) in [5, 5.41) is 32.6. The van der Waals surface area contributed by atoms with Gasteiger partial charge < -0.3 is 15.3 Å². The van der Waals surface area contributed by atoms with Crippen LogP contribution in [0, 0.1) is 34.0 Å². The maximum Gasteiger partial charge on any atom is 0.170 e. The van der Waals surface area contributed by atoms with Crippen molar-refractivity contribution in [3.05, 3.63) is 12.2 Å². The van der Waals surface area contributed by atoms with E-state index in [2.05, 4.69) is 6.58 Å². The van der Waals surface area contributed by atoms with Crippen LogP contribution in [0.4, 0.5) is 0 Å². The molecule has 4 saturated carbocycles. The van der Waals surface area contributed by atoms with E-state index in [1.54, 1.807) is 0 Å². The summed E-state index contributed by atoms with van der Waals surface area (Å²) in [6.45, 7) is 9.81. The molecule has 1 spiro atoms. The van der Waals surface area contributed by atoms with Gasteiger partial charge in [0.25, 0.3) is 0 Å². The minimum Gasteiger partial charge on any atom is -0.393 e. The zero-order chi connectivity index (χ0) is 18.5. The molecule has 0 amide bonds. The highest BCUT2D eigenvalue weighted by atomic mass is 16.3. The second kappa shape index (κ2) is 4.81. The fourth-order valence-electron chi connectivity index (χ4n) is 7.11. The van der Waals surface area contributed by atoms with E-state index >= 15 is 0 Å². The molecule has 8 atom stereocenters. The first-order valence-corrected chi connectivity index (χ1v) is 9.31. The molecule has 0 radical (unpaired) electrons. The summed E-state index contributed by atoms with van der Waals surface area (Å²) >= 11 is 0. The molecular weight excluding hydrogens is 320 g/mol. The van der Waals surface area contributed by atoms with Gasteiger partial charge in [0.05, 0.1) is 23.7 Å². The first-order chi connectivity index (χ1) is 11.5. The Morgan fingerprint density at radius 2 is 1.72 bits per heavy atom. The van der Waals surface area contributed by atoms with Gasteiger partial charge in [-0.25, -0.2) is 0 Å². The molecule has 3 N–H and O–H groups in total. The van der Waals surface area contributed by atoms with Crippen molar-refractivity contribution in [3.63, 3.8) is 0 Å². The first-order valence-electron chi connectivity index (χ1n) is 9.31. The number of hydrogen-bond acceptors (Lipinski definition) is 5. The second-order valence-electron chi connectivity index (χ2n) is 9.63. The molecule has 0 saturated heterocycles. The van der Waals surface area contributed by atoms with Crippen LogP contribution in [0.5, 0.6) is 0 Å². The molecule has 8 unspecified atom stereocenters. The highest BCUT2D eigenvalue weighted by Gasteiger charge is 2.76. The van der Waals surface area contributed by atoms with Crippen LogP contribution in [0.15, 0.2) is 12.2 Å². The molecule has 0 aromatic rings. The Morgan fingerprint density at radius 3 is 2.36 bits per heavy atom. The van der Waals surface area contributed by atoms with Crippen LogP contribution < -0.4 is 0 Å². The second-order valence-corrected chi connectivity index (χ2v) is 9.63. The molecular formula is C20H28O5. The van der Waals surface area contributed by atoms with Gasteiger partial charge in [-0.2, -0.15) is 0 Å². The smallest absolute Gasteiger partial charge is 0.170 e. The Morgan fingerprint density at radius 1 is 1.08 bits per heavy atom. The largest absolute Gasteiger partial charge is 0.393 e. The lowest BCUT2D eigenvalue weighted by Gasteiger charge is -2.65. The summed E-state index contributed by atoms with van der Waals surface area (Å²) in [5.41, 5.74) is -2.14. The van der Waals surface area contributed by atoms with Gasteiger partial charge in [0.15, 0.2) is 5.78 Å². The number of hydrogen-bond donors (Lipinski definition) is 3. The zero-order valence-electron chi connectivity index (χ0n) is 15.2. The maximum atomic E-state index is 13.1. The van der Waals surface area contributed by atoms with E-state index in [1.807, 2.05) is 20.8 Å². The fraction of sp³-hybridized carbons (Fsp3) is 0.800. The van der Waals surface area contributed by atoms with E-state index < -0.39 is 46.4 Å². The summed E-state index contributed by atoms with van der Waals surface area (Å²) in [7, 11) is 0. The summed E-state index contributed by atoms with van der Waals surface area (Å²) in [6, 6.07) is 0. The van der Waals surface area contributed by atoms with Crippen LogP contribution in [0.1, 0.15) is 46.5 Å². The Bertz CT molecular complexity index is 682. The number of rotatable bonds is 0. The minimum absolute atomic E-state index is 0.0410. The Labute approximate surface area is 148 Å². The molecule has 2 bridgehead atoms. The Kier molecular flexibility index (Phi) is 3.35. The normalized spacial score (nSPS) is 54.2. The van der Waals surface area contributed by atoms with Crippen LogP contribution in [-0.2, 0) is 9.59 Å². The van der Waals surface area contributed by atoms with Crippen molar-refractivity contribution in [2.45, 2.75) is 64.8 Å². The topological polar surface area (TPSA) is 94.8 Å². The summed E-state index contributed by atoms with van der Waals surface area (Å²) < 4.78 is 0. The number of carbonyl (C=O) groups is 2. The molecule has 5 nitrogen and oxygen atoms in total. The highest BCUT2D eigenvalue weighted by Crippen LogP contribution is 2.70. The van der Waals surface area contributed by atoms with Crippen LogP contribution in [0.25, 0.3) is 0 Å². The summed E-state index contributed by atoms with van der Waals surface area (Å²) in [6.07, 6.45) is -1.03. The van der Waals surface area contributed by atoms with Crippen molar-refractivity contribution < 1.29 is 24.9 Å². The number of aliphatic hydroxyl groups is 3. The highest BCUT2D eigenvalue weighted by molar-refractivity contribution is 6.09. The molecule has 25 heavy (non-hydrogen) atoms. The number of Topliss-reactive ketones (excluding diaryl/α,β-unsaturated/α-hetero) is 2. The molecule has 0 aromatic carbocycles. The van der Waals surface area contributed by atoms with E-state index in [0.717, 1.165) is 0 Å². The monoisotopic (exact) mass is 348 g/mol. The van der Waals surface area contributed by atoms with Crippen LogP contribution in [0.3, 0.4) is 0 Å². The molecule has 4 rings (SSSR count). The van der Waals surface area contributed by atoms with E-state index in [0.29, 0.717) is 24.8 Å². The van der Waals surface area contributed by atoms with Gasteiger partial charge in [0.2, 0.25) is 0 Å². The Balaban J connectivity index is 1.93. The molecule has 0 aromatic heterocycles. The lowest BCUT2D eigenvalue weighted by atomic mass is 9.39. The van der Waals surface area contributed by atoms with Crippen molar-refractivity contribution in [3.8, 4) is 0 Å². The van der Waals surface area contributed by atoms with Crippen molar-refractivity contribution in [2.24, 2.45) is 34.0 Å². The van der Waals surface area contributed by atoms with Crippen LogP contribution in [0.2, 0.25) is 0 Å². The van der Waals surface area contributed by atoms with Gasteiger partial charge in [-0.05, 0) is 41.6 Å². The molecule has 4 fully saturated rings. The van der Waals surface area contributed by atoms with Gasteiger partial charge in [-0.1, -0.05) is 27.4 Å². The minimum atomic E-state index is -1.44. The molecule has 4 aliphatic carbocycles. The molecule has 0 heterocycles. The van der Waals surface area contributed by atoms with Gasteiger partial charge in [-0.15, -0.1) is 0 Å². The number of carbonyl (C=O) groups excluding carboxylic acids is 2. The van der Waals surface area contributed by atoms with Crippen molar-refractivity contribution in [2.75, 3.05) is 0 Å².